The molecule has 0 bridgehead atoms. The number of hydrogen-bond acceptors (Lipinski definition) is 3. The fourth-order valence-electron chi connectivity index (χ4n) is 3.43. The molecule has 4 nitrogen and oxygen atoms in total. The zero-order chi connectivity index (χ0) is 16.9. The molecule has 1 atom stereocenters. The molecule has 4 rings (SSSR count). The summed E-state index contributed by atoms with van der Waals surface area (Å²) in [6, 6.07) is 18.4. The van der Waals surface area contributed by atoms with Crippen molar-refractivity contribution in [2.75, 3.05) is 13.2 Å². The Hall–Kier alpha value is -2.33. The average molecular weight is 336 g/mol. The Morgan fingerprint density at radius 3 is 2.72 bits per heavy atom. The number of benzene rings is 2. The van der Waals surface area contributed by atoms with E-state index in [1.807, 2.05) is 36.4 Å². The summed E-state index contributed by atoms with van der Waals surface area (Å²) in [5.74, 6) is 2.03. The highest BCUT2D eigenvalue weighted by atomic mass is 16.5. The van der Waals surface area contributed by atoms with Crippen LogP contribution in [0.25, 0.3) is 11.0 Å². The zero-order valence-corrected chi connectivity index (χ0v) is 14.4. The molecule has 1 aliphatic rings. The Morgan fingerprint density at radius 2 is 1.88 bits per heavy atom. The summed E-state index contributed by atoms with van der Waals surface area (Å²) < 4.78 is 14.0. The molecule has 1 aliphatic heterocycles. The number of fused-ring (bicyclic) bond motifs is 1. The third kappa shape index (κ3) is 3.69. The Bertz CT molecular complexity index is 807. The minimum Gasteiger partial charge on any atom is -0.494 e. The molecule has 130 valence electrons. The molecular weight excluding hydrogens is 312 g/mol. The van der Waals surface area contributed by atoms with E-state index in [-0.39, 0.29) is 6.10 Å². The average Bonchev–Trinajstić information content (AvgIpc) is 3.30. The fourth-order valence-corrected chi connectivity index (χ4v) is 3.43. The van der Waals surface area contributed by atoms with Crippen LogP contribution in [0.1, 0.15) is 37.6 Å². The van der Waals surface area contributed by atoms with Crippen LogP contribution in [0.2, 0.25) is 0 Å². The van der Waals surface area contributed by atoms with E-state index in [4.69, 9.17) is 14.5 Å². The van der Waals surface area contributed by atoms with E-state index in [0.717, 1.165) is 62.5 Å². The van der Waals surface area contributed by atoms with Gasteiger partial charge >= 0.3 is 0 Å². The van der Waals surface area contributed by atoms with Crippen molar-refractivity contribution in [3.05, 3.63) is 60.4 Å². The number of aryl methyl sites for hydroxylation is 1. The first-order valence-corrected chi connectivity index (χ1v) is 9.16. The van der Waals surface area contributed by atoms with E-state index in [2.05, 4.69) is 22.8 Å². The second-order valence-electron chi connectivity index (χ2n) is 6.48. The summed E-state index contributed by atoms with van der Waals surface area (Å²) in [4.78, 5) is 4.85. The highest BCUT2D eigenvalue weighted by molar-refractivity contribution is 5.76. The van der Waals surface area contributed by atoms with Crippen LogP contribution in [-0.2, 0) is 11.3 Å². The van der Waals surface area contributed by atoms with Gasteiger partial charge in [0.25, 0.3) is 0 Å². The molecule has 1 unspecified atom stereocenters. The van der Waals surface area contributed by atoms with Gasteiger partial charge in [-0.1, -0.05) is 30.3 Å². The molecule has 2 aromatic carbocycles. The van der Waals surface area contributed by atoms with E-state index >= 15 is 0 Å². The third-order valence-corrected chi connectivity index (χ3v) is 4.69. The zero-order valence-electron chi connectivity index (χ0n) is 14.4. The van der Waals surface area contributed by atoms with Gasteiger partial charge in [-0.25, -0.2) is 4.98 Å². The van der Waals surface area contributed by atoms with Gasteiger partial charge in [-0.15, -0.1) is 0 Å². The normalized spacial score (nSPS) is 17.2. The number of hydrogen-bond donors (Lipinski definition) is 0. The summed E-state index contributed by atoms with van der Waals surface area (Å²) in [6.07, 6.45) is 4.42. The standard InChI is InChI=1S/C21H24N2O2/c1-2-9-17(10-3-1)24-15-7-6-14-23-19-12-5-4-11-18(19)22-21(23)20-13-8-16-25-20/h1-5,9-12,20H,6-8,13-16H2. The molecule has 4 heteroatoms. The molecule has 0 amide bonds. The van der Waals surface area contributed by atoms with Crippen LogP contribution in [-0.4, -0.2) is 22.8 Å². The number of unbranched alkanes of at least 4 members (excludes halogenated alkanes) is 1. The fraction of sp³-hybridized carbons (Fsp3) is 0.381. The van der Waals surface area contributed by atoms with Crippen molar-refractivity contribution in [1.29, 1.82) is 0 Å². The molecular formula is C21H24N2O2. The maximum absolute atomic E-state index is 5.89. The summed E-state index contributed by atoms with van der Waals surface area (Å²) in [5, 5.41) is 0. The van der Waals surface area contributed by atoms with Gasteiger partial charge in [0.1, 0.15) is 17.7 Å². The highest BCUT2D eigenvalue weighted by Gasteiger charge is 2.24. The molecule has 0 radical (unpaired) electrons. The predicted octanol–water partition coefficient (Wildman–Crippen LogP) is 4.75. The molecule has 1 fully saturated rings. The van der Waals surface area contributed by atoms with Crippen molar-refractivity contribution in [1.82, 2.24) is 9.55 Å². The van der Waals surface area contributed by atoms with Gasteiger partial charge in [-0.05, 0) is 49.9 Å². The number of imidazole rings is 1. The quantitative estimate of drug-likeness (QED) is 0.584. The summed E-state index contributed by atoms with van der Waals surface area (Å²) in [5.41, 5.74) is 2.27. The number of para-hydroxylation sites is 3. The Morgan fingerprint density at radius 1 is 1.04 bits per heavy atom. The largest absolute Gasteiger partial charge is 0.494 e. The molecule has 0 N–H and O–H groups in total. The van der Waals surface area contributed by atoms with E-state index in [0.29, 0.717) is 0 Å². The minimum atomic E-state index is 0.146. The van der Waals surface area contributed by atoms with Crippen molar-refractivity contribution in [3.63, 3.8) is 0 Å². The molecule has 1 aromatic heterocycles. The topological polar surface area (TPSA) is 36.3 Å². The molecule has 2 heterocycles. The Balaban J connectivity index is 1.40. The van der Waals surface area contributed by atoms with Crippen LogP contribution in [0.3, 0.4) is 0 Å². The third-order valence-electron chi connectivity index (χ3n) is 4.69. The first kappa shape index (κ1) is 16.2. The second-order valence-corrected chi connectivity index (χ2v) is 6.48. The first-order valence-electron chi connectivity index (χ1n) is 9.16. The maximum atomic E-state index is 5.89. The van der Waals surface area contributed by atoms with Crippen molar-refractivity contribution in [2.24, 2.45) is 0 Å². The van der Waals surface area contributed by atoms with Crippen LogP contribution < -0.4 is 4.74 Å². The van der Waals surface area contributed by atoms with Gasteiger partial charge in [-0.2, -0.15) is 0 Å². The van der Waals surface area contributed by atoms with E-state index < -0.39 is 0 Å². The van der Waals surface area contributed by atoms with Crippen LogP contribution in [0.5, 0.6) is 5.75 Å². The number of ether oxygens (including phenoxy) is 2. The first-order chi connectivity index (χ1) is 12.4. The van der Waals surface area contributed by atoms with Crippen LogP contribution in [0.4, 0.5) is 0 Å². The Kier molecular flexibility index (Phi) is 4.98. The van der Waals surface area contributed by atoms with Crippen molar-refractivity contribution >= 4 is 11.0 Å². The van der Waals surface area contributed by atoms with Gasteiger partial charge in [0.05, 0.1) is 17.6 Å². The lowest BCUT2D eigenvalue weighted by Crippen LogP contribution is -2.09. The molecule has 0 aliphatic carbocycles. The minimum absolute atomic E-state index is 0.146. The second kappa shape index (κ2) is 7.70. The highest BCUT2D eigenvalue weighted by Crippen LogP contribution is 2.30. The molecule has 3 aromatic rings. The summed E-state index contributed by atoms with van der Waals surface area (Å²) in [6.45, 7) is 2.54. The summed E-state index contributed by atoms with van der Waals surface area (Å²) in [7, 11) is 0. The number of nitrogens with zero attached hydrogens (tertiary/aromatic N) is 2. The van der Waals surface area contributed by atoms with Gasteiger partial charge in [0.15, 0.2) is 0 Å². The SMILES string of the molecule is c1ccc(OCCCCn2c(C3CCCO3)nc3ccccc32)cc1. The lowest BCUT2D eigenvalue weighted by Gasteiger charge is -2.13. The van der Waals surface area contributed by atoms with E-state index in [9.17, 15) is 0 Å². The van der Waals surface area contributed by atoms with Gasteiger partial charge in [0.2, 0.25) is 0 Å². The lowest BCUT2D eigenvalue weighted by molar-refractivity contribution is 0.102. The van der Waals surface area contributed by atoms with Crippen LogP contribution in [0.15, 0.2) is 54.6 Å². The van der Waals surface area contributed by atoms with E-state index in [1.165, 1.54) is 5.52 Å². The molecule has 0 saturated carbocycles. The van der Waals surface area contributed by atoms with Crippen molar-refractivity contribution < 1.29 is 9.47 Å². The smallest absolute Gasteiger partial charge is 0.139 e. The van der Waals surface area contributed by atoms with Crippen LogP contribution in [0, 0.1) is 0 Å². The van der Waals surface area contributed by atoms with E-state index in [1.54, 1.807) is 0 Å². The van der Waals surface area contributed by atoms with Gasteiger partial charge in [-0.3, -0.25) is 0 Å². The lowest BCUT2D eigenvalue weighted by atomic mass is 10.2. The van der Waals surface area contributed by atoms with Gasteiger partial charge < -0.3 is 14.0 Å². The van der Waals surface area contributed by atoms with Crippen molar-refractivity contribution in [3.8, 4) is 5.75 Å². The van der Waals surface area contributed by atoms with Crippen molar-refractivity contribution in [2.45, 2.75) is 38.3 Å². The molecule has 0 spiro atoms. The van der Waals surface area contributed by atoms with Gasteiger partial charge in [0, 0.05) is 13.2 Å². The molecule has 25 heavy (non-hydrogen) atoms. The van der Waals surface area contributed by atoms with Crippen LogP contribution >= 0.6 is 0 Å². The predicted molar refractivity (Wildman–Crippen MR) is 98.8 cm³/mol. The summed E-state index contributed by atoms with van der Waals surface area (Å²) >= 11 is 0. The molecule has 1 saturated heterocycles. The Labute approximate surface area is 148 Å². The number of aromatic nitrogens is 2. The number of rotatable bonds is 7. The maximum Gasteiger partial charge on any atom is 0.139 e. The monoisotopic (exact) mass is 336 g/mol.